The molecule has 2 N–H and O–H groups in total. The van der Waals surface area contributed by atoms with Gasteiger partial charge in [-0.3, -0.25) is 5.41 Å². The molecule has 0 bridgehead atoms. The summed E-state index contributed by atoms with van der Waals surface area (Å²) in [7, 11) is 0. The third kappa shape index (κ3) is 5.89. The van der Waals surface area contributed by atoms with Crippen LogP contribution in [0.3, 0.4) is 0 Å². The number of nitrogens with one attached hydrogen (secondary N) is 2. The molecule has 0 spiro atoms. The minimum Gasteiger partial charge on any atom is -0.477 e. The second kappa shape index (κ2) is 11.1. The molecular formula is C25H32N6O3. The predicted molar refractivity (Wildman–Crippen MR) is 128 cm³/mol. The largest absolute Gasteiger partial charge is 0.477 e. The van der Waals surface area contributed by atoms with Crippen molar-refractivity contribution >= 4 is 18.1 Å². The third-order valence-electron chi connectivity index (χ3n) is 6.82. The molecule has 0 unspecified atom stereocenters. The van der Waals surface area contributed by atoms with Gasteiger partial charge >= 0.3 is 6.09 Å². The number of carbonyl (C=O) groups excluding carboxylic acids is 1. The zero-order valence-corrected chi connectivity index (χ0v) is 19.5. The molecule has 1 amide bonds. The van der Waals surface area contributed by atoms with E-state index in [0.717, 1.165) is 60.7 Å². The van der Waals surface area contributed by atoms with Gasteiger partial charge in [-0.1, -0.05) is 35.6 Å². The average molecular weight is 465 g/mol. The Kier molecular flexibility index (Phi) is 7.72. The van der Waals surface area contributed by atoms with Crippen LogP contribution in [0.25, 0.3) is 0 Å². The van der Waals surface area contributed by atoms with E-state index in [1.807, 2.05) is 48.2 Å². The smallest absolute Gasteiger partial charge is 0.410 e. The summed E-state index contributed by atoms with van der Waals surface area (Å²) in [5, 5.41) is 11.7. The molecule has 1 aliphatic heterocycles. The van der Waals surface area contributed by atoms with E-state index in [1.54, 1.807) is 6.20 Å². The van der Waals surface area contributed by atoms with Crippen molar-refractivity contribution in [2.45, 2.75) is 39.2 Å². The van der Waals surface area contributed by atoms with Gasteiger partial charge in [-0.05, 0) is 62.0 Å². The van der Waals surface area contributed by atoms with Gasteiger partial charge in [0.15, 0.2) is 0 Å². The summed E-state index contributed by atoms with van der Waals surface area (Å²) in [6, 6.07) is 11.6. The summed E-state index contributed by atoms with van der Waals surface area (Å²) in [6.45, 7) is 4.38. The zero-order chi connectivity index (χ0) is 23.9. The minimum atomic E-state index is -0.211. The highest BCUT2D eigenvalue weighted by Gasteiger charge is 2.43. The van der Waals surface area contributed by atoms with E-state index in [1.165, 1.54) is 6.42 Å². The van der Waals surface area contributed by atoms with Crippen molar-refractivity contribution in [1.29, 1.82) is 10.9 Å². The number of benzene rings is 1. The molecule has 2 aromatic rings. The van der Waals surface area contributed by atoms with Gasteiger partial charge in [0.05, 0.1) is 18.5 Å². The van der Waals surface area contributed by atoms with Crippen LogP contribution in [0.2, 0.25) is 0 Å². The molecule has 2 aliphatic rings. The quantitative estimate of drug-likeness (QED) is 0.217. The lowest BCUT2D eigenvalue weighted by atomic mass is 9.91. The Morgan fingerprint density at radius 3 is 2.74 bits per heavy atom. The molecule has 2 atom stereocenters. The molecule has 0 radical (unpaired) electrons. The summed E-state index contributed by atoms with van der Waals surface area (Å²) in [4.78, 5) is 18.5. The number of rotatable bonds is 10. The van der Waals surface area contributed by atoms with Crippen LogP contribution in [0.1, 0.15) is 36.8 Å². The van der Waals surface area contributed by atoms with E-state index in [4.69, 9.17) is 20.4 Å². The molecule has 9 heteroatoms. The minimum absolute atomic E-state index is 0.211. The Morgan fingerprint density at radius 2 is 2.06 bits per heavy atom. The first-order valence-electron chi connectivity index (χ1n) is 11.8. The fourth-order valence-electron chi connectivity index (χ4n) is 4.79. The van der Waals surface area contributed by atoms with Gasteiger partial charge in [-0.2, -0.15) is 5.53 Å². The lowest BCUT2D eigenvalue weighted by Gasteiger charge is -2.31. The van der Waals surface area contributed by atoms with Gasteiger partial charge < -0.3 is 14.4 Å². The van der Waals surface area contributed by atoms with Crippen molar-refractivity contribution in [1.82, 2.24) is 9.88 Å². The van der Waals surface area contributed by atoms with Crippen molar-refractivity contribution in [3.05, 3.63) is 53.7 Å². The Hall–Kier alpha value is -3.49. The molecule has 2 fully saturated rings. The summed E-state index contributed by atoms with van der Waals surface area (Å²) in [5.74, 6) is 2.65. The first-order valence-corrected chi connectivity index (χ1v) is 11.8. The molecule has 9 nitrogen and oxygen atoms in total. The van der Waals surface area contributed by atoms with Crippen molar-refractivity contribution in [3.8, 4) is 5.88 Å². The molecule has 1 aromatic carbocycles. The fraction of sp³-hybridized carbons (Fsp3) is 0.480. The first-order chi connectivity index (χ1) is 16.6. The number of nitrogens with zero attached hydrogens (tertiary/aromatic N) is 4. The molecule has 2 heterocycles. The van der Waals surface area contributed by atoms with Crippen molar-refractivity contribution in [3.63, 3.8) is 0 Å². The highest BCUT2D eigenvalue weighted by Crippen LogP contribution is 2.49. The van der Waals surface area contributed by atoms with Gasteiger partial charge in [0.2, 0.25) is 5.88 Å². The number of aromatic nitrogens is 1. The van der Waals surface area contributed by atoms with E-state index in [-0.39, 0.29) is 6.09 Å². The maximum atomic E-state index is 12.4. The van der Waals surface area contributed by atoms with Crippen LogP contribution < -0.4 is 9.75 Å². The maximum absolute atomic E-state index is 12.4. The van der Waals surface area contributed by atoms with E-state index in [9.17, 15) is 4.79 Å². The Bertz CT molecular complexity index is 985. The van der Waals surface area contributed by atoms with Crippen molar-refractivity contribution < 1.29 is 14.3 Å². The predicted octanol–water partition coefficient (Wildman–Crippen LogP) is 5.20. The third-order valence-corrected chi connectivity index (χ3v) is 6.82. The zero-order valence-electron chi connectivity index (χ0n) is 19.5. The van der Waals surface area contributed by atoms with Gasteiger partial charge in [0, 0.05) is 18.7 Å². The normalized spacial score (nSPS) is 19.9. The summed E-state index contributed by atoms with van der Waals surface area (Å²) in [6.07, 6.45) is 6.62. The number of anilines is 1. The number of aryl methyl sites for hydroxylation is 1. The molecule has 1 aliphatic carbocycles. The maximum Gasteiger partial charge on any atom is 0.410 e. The fourth-order valence-corrected chi connectivity index (χ4v) is 4.79. The van der Waals surface area contributed by atoms with Crippen molar-refractivity contribution in [2.75, 3.05) is 24.7 Å². The molecule has 4 rings (SSSR count). The SMILES string of the molecule is Cc1cc(N(C=N)N=N)cnc1OCC[C@@H]1C[C@@H]1C1CCN(C(=O)OCc2ccccc2)CC1. The van der Waals surface area contributed by atoms with E-state index in [2.05, 4.69) is 10.2 Å². The number of piperidine rings is 1. The second-order valence-electron chi connectivity index (χ2n) is 9.05. The molecule has 34 heavy (non-hydrogen) atoms. The Labute approximate surface area is 200 Å². The summed E-state index contributed by atoms with van der Waals surface area (Å²) < 4.78 is 11.4. The lowest BCUT2D eigenvalue weighted by Crippen LogP contribution is -2.39. The highest BCUT2D eigenvalue weighted by atomic mass is 16.6. The van der Waals surface area contributed by atoms with E-state index in [0.29, 0.717) is 36.6 Å². The van der Waals surface area contributed by atoms with Gasteiger partial charge in [-0.25, -0.2) is 14.8 Å². The summed E-state index contributed by atoms with van der Waals surface area (Å²) in [5.41, 5.74) is 9.51. The lowest BCUT2D eigenvalue weighted by molar-refractivity contribution is 0.0796. The van der Waals surface area contributed by atoms with Crippen LogP contribution in [0.15, 0.2) is 47.8 Å². The molecule has 1 aromatic heterocycles. The van der Waals surface area contributed by atoms with E-state index >= 15 is 0 Å². The average Bonchev–Trinajstić information content (AvgIpc) is 3.65. The van der Waals surface area contributed by atoms with Crippen LogP contribution in [0, 0.1) is 35.6 Å². The first kappa shape index (κ1) is 23.7. The molecule has 180 valence electrons. The Balaban J connectivity index is 1.15. The molecular weight excluding hydrogens is 432 g/mol. The number of ether oxygens (including phenoxy) is 2. The number of hydrogen-bond donors (Lipinski definition) is 2. The monoisotopic (exact) mass is 464 g/mol. The second-order valence-corrected chi connectivity index (χ2v) is 9.05. The topological polar surface area (TPSA) is 115 Å². The number of carbonyl (C=O) groups is 1. The van der Waals surface area contributed by atoms with Crippen molar-refractivity contribution in [2.24, 2.45) is 23.0 Å². The van der Waals surface area contributed by atoms with E-state index < -0.39 is 0 Å². The number of pyridine rings is 1. The van der Waals surface area contributed by atoms with Crippen LogP contribution in [0.4, 0.5) is 10.5 Å². The Morgan fingerprint density at radius 1 is 1.29 bits per heavy atom. The van der Waals surface area contributed by atoms with Gasteiger partial charge in [0.1, 0.15) is 12.9 Å². The van der Waals surface area contributed by atoms with Crippen LogP contribution in [-0.2, 0) is 11.3 Å². The number of likely N-dealkylation sites (tertiary alicyclic amines) is 1. The molecule has 1 saturated carbocycles. The number of amides is 1. The van der Waals surface area contributed by atoms with Crippen LogP contribution in [0.5, 0.6) is 5.88 Å². The molecule has 1 saturated heterocycles. The number of hydrogen-bond acceptors (Lipinski definition) is 7. The standard InChI is InChI=1S/C25H32N6O3/c1-18-13-22(31(17-26)29-27)15-28-24(18)33-12-9-21-14-23(21)20-7-10-30(11-8-20)25(32)34-16-19-5-3-2-4-6-19/h2-6,13,15,17,20-21,23,26-27H,7-12,14,16H2,1H3/t21-,23-/m1/s1. The van der Waals surface area contributed by atoms with Crippen LogP contribution >= 0.6 is 0 Å². The van der Waals surface area contributed by atoms with Gasteiger partial charge in [-0.15, -0.1) is 0 Å². The van der Waals surface area contributed by atoms with Gasteiger partial charge in [0.25, 0.3) is 0 Å². The van der Waals surface area contributed by atoms with Crippen LogP contribution in [-0.4, -0.2) is 42.0 Å². The summed E-state index contributed by atoms with van der Waals surface area (Å²) >= 11 is 0. The highest BCUT2D eigenvalue weighted by molar-refractivity contribution is 5.75.